The average Bonchev–Trinajstić information content (AvgIpc) is 2.69. The lowest BCUT2D eigenvalue weighted by Gasteiger charge is -2.09. The largest absolute Gasteiger partial charge is 0.352 e. The predicted molar refractivity (Wildman–Crippen MR) is 106 cm³/mol. The zero-order chi connectivity index (χ0) is 19.1. The first-order valence-corrected chi connectivity index (χ1v) is 8.80. The minimum Gasteiger partial charge on any atom is -0.352 e. The molecule has 0 unspecified atom stereocenters. The first-order valence-electron chi connectivity index (χ1n) is 8.42. The number of benzene rings is 2. The maximum absolute atomic E-state index is 12.2. The van der Waals surface area contributed by atoms with Gasteiger partial charge in [-0.15, -0.1) is 0 Å². The second-order valence-corrected chi connectivity index (χ2v) is 6.34. The van der Waals surface area contributed by atoms with Gasteiger partial charge < -0.3 is 10.6 Å². The molecule has 2 amide bonds. The highest BCUT2D eigenvalue weighted by atomic mass is 35.5. The summed E-state index contributed by atoms with van der Waals surface area (Å²) in [5.74, 6) is -0.327. The highest BCUT2D eigenvalue weighted by molar-refractivity contribution is 6.31. The molecule has 1 aromatic heterocycles. The van der Waals surface area contributed by atoms with Gasteiger partial charge in [0.1, 0.15) is 0 Å². The van der Waals surface area contributed by atoms with Gasteiger partial charge in [0.15, 0.2) is 0 Å². The molecule has 3 aromatic rings. The van der Waals surface area contributed by atoms with Crippen LogP contribution in [0, 0.1) is 0 Å². The number of halogens is 1. The Balaban J connectivity index is 1.57. The number of hydrogen-bond acceptors (Lipinski definition) is 3. The molecule has 0 aliphatic carbocycles. The van der Waals surface area contributed by atoms with E-state index in [4.69, 9.17) is 11.6 Å². The monoisotopic (exact) mass is 379 g/mol. The van der Waals surface area contributed by atoms with E-state index >= 15 is 0 Å². The molecule has 0 atom stereocenters. The van der Waals surface area contributed by atoms with E-state index in [1.54, 1.807) is 36.7 Å². The van der Waals surface area contributed by atoms with E-state index in [0.29, 0.717) is 22.8 Å². The highest BCUT2D eigenvalue weighted by Gasteiger charge is 2.08. The van der Waals surface area contributed by atoms with Crippen LogP contribution < -0.4 is 10.6 Å². The van der Waals surface area contributed by atoms with Crippen molar-refractivity contribution in [2.75, 3.05) is 5.32 Å². The molecule has 2 aromatic carbocycles. The smallest absolute Gasteiger partial charge is 0.255 e. The number of hydrogen-bond donors (Lipinski definition) is 2. The molecule has 0 spiro atoms. The van der Waals surface area contributed by atoms with E-state index < -0.39 is 0 Å². The summed E-state index contributed by atoms with van der Waals surface area (Å²) in [6.07, 6.45) is 3.36. The molecule has 0 radical (unpaired) electrons. The summed E-state index contributed by atoms with van der Waals surface area (Å²) in [5, 5.41) is 6.28. The Morgan fingerprint density at radius 3 is 2.52 bits per heavy atom. The van der Waals surface area contributed by atoms with Gasteiger partial charge in [-0.25, -0.2) is 0 Å². The second kappa shape index (κ2) is 8.96. The fraction of sp³-hybridized carbons (Fsp3) is 0.0952. The van der Waals surface area contributed by atoms with E-state index in [1.165, 1.54) is 0 Å². The van der Waals surface area contributed by atoms with Crippen molar-refractivity contribution < 1.29 is 9.59 Å². The third kappa shape index (κ3) is 5.39. The Morgan fingerprint density at radius 2 is 1.74 bits per heavy atom. The van der Waals surface area contributed by atoms with Crippen molar-refractivity contribution in [2.45, 2.75) is 13.0 Å². The van der Waals surface area contributed by atoms with E-state index in [-0.39, 0.29) is 18.2 Å². The summed E-state index contributed by atoms with van der Waals surface area (Å²) in [5.41, 5.74) is 2.86. The number of amides is 2. The van der Waals surface area contributed by atoms with Gasteiger partial charge in [-0.05, 0) is 41.5 Å². The van der Waals surface area contributed by atoms with E-state index in [0.717, 1.165) is 11.1 Å². The van der Waals surface area contributed by atoms with E-state index in [2.05, 4.69) is 15.6 Å². The number of nitrogens with one attached hydrogen (secondary N) is 2. The maximum Gasteiger partial charge on any atom is 0.255 e. The van der Waals surface area contributed by atoms with Crippen LogP contribution in [0.1, 0.15) is 21.5 Å². The molecule has 27 heavy (non-hydrogen) atoms. The minimum atomic E-state index is -0.211. The van der Waals surface area contributed by atoms with Crippen molar-refractivity contribution in [2.24, 2.45) is 0 Å². The Hall–Kier alpha value is -3.18. The normalized spacial score (nSPS) is 10.3. The average molecular weight is 380 g/mol. The SMILES string of the molecule is O=C(Cc1ccccc1Cl)NCc1cccc(NC(=O)c2ccncc2)c1. The summed E-state index contributed by atoms with van der Waals surface area (Å²) < 4.78 is 0. The van der Waals surface area contributed by atoms with Gasteiger partial charge in [-0.1, -0.05) is 41.9 Å². The zero-order valence-electron chi connectivity index (χ0n) is 14.5. The van der Waals surface area contributed by atoms with Gasteiger partial charge in [0.2, 0.25) is 5.91 Å². The van der Waals surface area contributed by atoms with Gasteiger partial charge >= 0.3 is 0 Å². The first-order chi connectivity index (χ1) is 13.1. The molecule has 0 saturated heterocycles. The molecule has 1 heterocycles. The number of rotatable bonds is 6. The third-order valence-corrected chi connectivity index (χ3v) is 4.29. The third-order valence-electron chi connectivity index (χ3n) is 3.93. The van der Waals surface area contributed by atoms with Crippen LogP contribution in [0.3, 0.4) is 0 Å². The Morgan fingerprint density at radius 1 is 0.963 bits per heavy atom. The Labute approximate surface area is 162 Å². The molecular formula is C21H18ClN3O2. The van der Waals surface area contributed by atoms with Crippen LogP contribution in [0.2, 0.25) is 5.02 Å². The first kappa shape index (κ1) is 18.6. The topological polar surface area (TPSA) is 71.1 Å². The van der Waals surface area contributed by atoms with Crippen LogP contribution >= 0.6 is 11.6 Å². The zero-order valence-corrected chi connectivity index (χ0v) is 15.2. The molecule has 0 aliphatic rings. The lowest BCUT2D eigenvalue weighted by Crippen LogP contribution is -2.24. The van der Waals surface area contributed by atoms with E-state index in [9.17, 15) is 9.59 Å². The maximum atomic E-state index is 12.2. The number of pyridine rings is 1. The summed E-state index contributed by atoms with van der Waals surface area (Å²) >= 11 is 6.08. The lowest BCUT2D eigenvalue weighted by molar-refractivity contribution is -0.120. The predicted octanol–water partition coefficient (Wildman–Crippen LogP) is 3.85. The number of nitrogens with zero attached hydrogens (tertiary/aromatic N) is 1. The molecule has 0 bridgehead atoms. The van der Waals surface area contributed by atoms with Crippen molar-refractivity contribution >= 4 is 29.1 Å². The van der Waals surface area contributed by atoms with Crippen molar-refractivity contribution in [1.29, 1.82) is 0 Å². The summed E-state index contributed by atoms with van der Waals surface area (Å²) in [6.45, 7) is 0.363. The Bertz CT molecular complexity index is 945. The quantitative estimate of drug-likeness (QED) is 0.683. The number of carbonyl (C=O) groups excluding carboxylic acids is 2. The summed E-state index contributed by atoms with van der Waals surface area (Å²) in [7, 11) is 0. The molecule has 136 valence electrons. The van der Waals surface area contributed by atoms with Crippen LogP contribution in [0.4, 0.5) is 5.69 Å². The Kier molecular flexibility index (Phi) is 6.18. The van der Waals surface area contributed by atoms with Crippen molar-refractivity contribution in [3.05, 3.63) is 94.8 Å². The molecule has 0 fully saturated rings. The molecule has 6 heteroatoms. The van der Waals surface area contributed by atoms with E-state index in [1.807, 2.05) is 36.4 Å². The van der Waals surface area contributed by atoms with Crippen LogP contribution in [0.15, 0.2) is 73.1 Å². The van der Waals surface area contributed by atoms with Crippen LogP contribution in [-0.2, 0) is 17.8 Å². The number of anilines is 1. The van der Waals surface area contributed by atoms with Gasteiger partial charge in [0.05, 0.1) is 6.42 Å². The van der Waals surface area contributed by atoms with Gasteiger partial charge in [-0.2, -0.15) is 0 Å². The van der Waals surface area contributed by atoms with Crippen molar-refractivity contribution in [3.8, 4) is 0 Å². The summed E-state index contributed by atoms with van der Waals surface area (Å²) in [4.78, 5) is 28.2. The molecule has 0 aliphatic heterocycles. The minimum absolute atomic E-state index is 0.116. The van der Waals surface area contributed by atoms with Gasteiger partial charge in [0, 0.05) is 35.2 Å². The standard InChI is InChI=1S/C21H18ClN3O2/c22-19-7-2-1-5-17(19)13-20(26)24-14-15-4-3-6-18(12-15)25-21(27)16-8-10-23-11-9-16/h1-12H,13-14H2,(H,24,26)(H,25,27). The fourth-order valence-electron chi connectivity index (χ4n) is 2.54. The van der Waals surface area contributed by atoms with Crippen molar-refractivity contribution in [1.82, 2.24) is 10.3 Å². The lowest BCUT2D eigenvalue weighted by atomic mass is 10.1. The number of aromatic nitrogens is 1. The number of carbonyl (C=O) groups is 2. The second-order valence-electron chi connectivity index (χ2n) is 5.94. The van der Waals surface area contributed by atoms with Crippen LogP contribution in [0.5, 0.6) is 0 Å². The molecule has 2 N–H and O–H groups in total. The van der Waals surface area contributed by atoms with Crippen LogP contribution in [0.25, 0.3) is 0 Å². The molecule has 5 nitrogen and oxygen atoms in total. The van der Waals surface area contributed by atoms with Crippen LogP contribution in [-0.4, -0.2) is 16.8 Å². The molecule has 0 saturated carbocycles. The van der Waals surface area contributed by atoms with Gasteiger partial charge in [-0.3, -0.25) is 14.6 Å². The highest BCUT2D eigenvalue weighted by Crippen LogP contribution is 2.16. The molecule has 3 rings (SSSR count). The fourth-order valence-corrected chi connectivity index (χ4v) is 2.75. The summed E-state index contributed by atoms with van der Waals surface area (Å²) in [6, 6.07) is 17.9. The van der Waals surface area contributed by atoms with Gasteiger partial charge in [0.25, 0.3) is 5.91 Å². The van der Waals surface area contributed by atoms with Crippen molar-refractivity contribution in [3.63, 3.8) is 0 Å². The molecular weight excluding hydrogens is 362 g/mol.